The second-order valence-corrected chi connectivity index (χ2v) is 9.62. The number of hydrogen-bond acceptors (Lipinski definition) is 3. The number of imidazole rings is 1. The molecule has 3 aromatic carbocycles. The number of aryl methyl sites for hydroxylation is 1. The Bertz CT molecular complexity index is 1280. The SMILES string of the molecule is Cc1ccccc1NC(=O)[C@@H]1CCCN(Cc2nc3ccccc3n2-c2ccc(Br)cc2)C1. The number of aromatic nitrogens is 2. The fraction of sp³-hybridized carbons (Fsp3) is 0.259. The van der Waals surface area contributed by atoms with Crippen LogP contribution >= 0.6 is 15.9 Å². The predicted octanol–water partition coefficient (Wildman–Crippen LogP) is 5.95. The van der Waals surface area contributed by atoms with Gasteiger partial charge in [-0.1, -0.05) is 46.3 Å². The lowest BCUT2D eigenvalue weighted by Crippen LogP contribution is -2.40. The zero-order chi connectivity index (χ0) is 22.8. The number of rotatable bonds is 5. The van der Waals surface area contributed by atoms with E-state index in [1.54, 1.807) is 0 Å². The highest BCUT2D eigenvalue weighted by atomic mass is 79.9. The Morgan fingerprint density at radius 2 is 1.82 bits per heavy atom. The van der Waals surface area contributed by atoms with Crippen molar-refractivity contribution >= 4 is 38.6 Å². The van der Waals surface area contributed by atoms with Crippen LogP contribution in [0.4, 0.5) is 5.69 Å². The summed E-state index contributed by atoms with van der Waals surface area (Å²) in [6.45, 7) is 4.44. The summed E-state index contributed by atoms with van der Waals surface area (Å²) in [5, 5.41) is 3.14. The Kier molecular flexibility index (Phi) is 6.29. The number of piperidine rings is 1. The van der Waals surface area contributed by atoms with Gasteiger partial charge in [0.05, 0.1) is 23.5 Å². The highest BCUT2D eigenvalue weighted by Crippen LogP contribution is 2.26. The van der Waals surface area contributed by atoms with Crippen molar-refractivity contribution in [2.45, 2.75) is 26.3 Å². The predicted molar refractivity (Wildman–Crippen MR) is 137 cm³/mol. The summed E-state index contributed by atoms with van der Waals surface area (Å²) < 4.78 is 3.29. The second-order valence-electron chi connectivity index (χ2n) is 8.71. The molecule has 6 heteroatoms. The van der Waals surface area contributed by atoms with Gasteiger partial charge >= 0.3 is 0 Å². The van der Waals surface area contributed by atoms with E-state index in [1.165, 1.54) is 0 Å². The molecule has 1 fully saturated rings. The third-order valence-electron chi connectivity index (χ3n) is 6.36. The van der Waals surface area contributed by atoms with Crippen LogP contribution in [0, 0.1) is 12.8 Å². The summed E-state index contributed by atoms with van der Waals surface area (Å²) in [6, 6.07) is 24.5. The monoisotopic (exact) mass is 502 g/mol. The van der Waals surface area contributed by atoms with Crippen molar-refractivity contribution < 1.29 is 4.79 Å². The molecule has 0 aliphatic carbocycles. The number of fused-ring (bicyclic) bond motifs is 1. The van der Waals surface area contributed by atoms with Crippen LogP contribution in [0.3, 0.4) is 0 Å². The first kappa shape index (κ1) is 21.9. The lowest BCUT2D eigenvalue weighted by atomic mass is 9.97. The van der Waals surface area contributed by atoms with Gasteiger partial charge in [-0.2, -0.15) is 0 Å². The van der Waals surface area contributed by atoms with E-state index in [2.05, 4.69) is 73.2 Å². The summed E-state index contributed by atoms with van der Waals surface area (Å²) >= 11 is 3.53. The molecule has 33 heavy (non-hydrogen) atoms. The number of likely N-dealkylation sites (tertiary alicyclic amines) is 1. The van der Waals surface area contributed by atoms with Crippen LogP contribution in [-0.2, 0) is 11.3 Å². The number of nitrogens with one attached hydrogen (secondary N) is 1. The lowest BCUT2D eigenvalue weighted by molar-refractivity contribution is -0.121. The largest absolute Gasteiger partial charge is 0.326 e. The van der Waals surface area contributed by atoms with E-state index < -0.39 is 0 Å². The molecule has 168 valence electrons. The number of carbonyl (C=O) groups excluding carboxylic acids is 1. The molecule has 0 spiro atoms. The van der Waals surface area contributed by atoms with E-state index in [0.717, 1.165) is 64.2 Å². The highest BCUT2D eigenvalue weighted by molar-refractivity contribution is 9.10. The maximum Gasteiger partial charge on any atom is 0.228 e. The first-order chi connectivity index (χ1) is 16.1. The van der Waals surface area contributed by atoms with Crippen molar-refractivity contribution in [3.63, 3.8) is 0 Å². The number of hydrogen-bond donors (Lipinski definition) is 1. The van der Waals surface area contributed by atoms with E-state index in [1.807, 2.05) is 37.3 Å². The molecule has 0 bridgehead atoms. The van der Waals surface area contributed by atoms with E-state index in [9.17, 15) is 4.79 Å². The molecule has 1 saturated heterocycles. The van der Waals surface area contributed by atoms with Crippen molar-refractivity contribution in [1.82, 2.24) is 14.5 Å². The average molecular weight is 503 g/mol. The molecule has 1 amide bonds. The Balaban J connectivity index is 1.37. The van der Waals surface area contributed by atoms with E-state index in [4.69, 9.17) is 4.98 Å². The Morgan fingerprint density at radius 1 is 1.06 bits per heavy atom. The number of halogens is 1. The number of anilines is 1. The van der Waals surface area contributed by atoms with Gasteiger partial charge in [-0.25, -0.2) is 4.98 Å². The topological polar surface area (TPSA) is 50.2 Å². The molecule has 0 saturated carbocycles. The second kappa shape index (κ2) is 9.49. The van der Waals surface area contributed by atoms with Crippen molar-refractivity contribution in [2.75, 3.05) is 18.4 Å². The summed E-state index contributed by atoms with van der Waals surface area (Å²) in [7, 11) is 0. The molecule has 1 N–H and O–H groups in total. The van der Waals surface area contributed by atoms with Crippen LogP contribution in [0.25, 0.3) is 16.7 Å². The van der Waals surface area contributed by atoms with E-state index in [-0.39, 0.29) is 11.8 Å². The molecule has 5 nitrogen and oxygen atoms in total. The van der Waals surface area contributed by atoms with Gasteiger partial charge in [0.25, 0.3) is 0 Å². The fourth-order valence-corrected chi connectivity index (χ4v) is 4.89. The number of para-hydroxylation sites is 3. The van der Waals surface area contributed by atoms with Crippen molar-refractivity contribution in [3.05, 3.63) is 88.7 Å². The van der Waals surface area contributed by atoms with Crippen molar-refractivity contribution in [1.29, 1.82) is 0 Å². The molecular formula is C27H27BrN4O. The molecule has 0 radical (unpaired) electrons. The van der Waals surface area contributed by atoms with Crippen LogP contribution in [0.1, 0.15) is 24.2 Å². The van der Waals surface area contributed by atoms with Gasteiger partial charge in [-0.3, -0.25) is 14.3 Å². The Hall–Kier alpha value is -2.96. The fourth-order valence-electron chi connectivity index (χ4n) is 4.62. The van der Waals surface area contributed by atoms with Gasteiger partial charge in [0.15, 0.2) is 0 Å². The summed E-state index contributed by atoms with van der Waals surface area (Å²) in [5.74, 6) is 1.08. The molecular weight excluding hydrogens is 476 g/mol. The quantitative estimate of drug-likeness (QED) is 0.366. The van der Waals surface area contributed by atoms with Gasteiger partial charge < -0.3 is 5.32 Å². The standard InChI is InChI=1S/C27H27BrN4O/c1-19-7-2-3-9-23(19)30-27(33)20-8-6-16-31(17-20)18-26-29-24-10-4-5-11-25(24)32(26)22-14-12-21(28)13-15-22/h2-5,7,9-15,20H,6,8,16-18H2,1H3,(H,30,33)/t20-/m1/s1. The van der Waals surface area contributed by atoms with E-state index in [0.29, 0.717) is 6.54 Å². The van der Waals surface area contributed by atoms with Gasteiger partial charge in [0.1, 0.15) is 5.82 Å². The van der Waals surface area contributed by atoms with Gasteiger partial charge in [-0.15, -0.1) is 0 Å². The first-order valence-corrected chi connectivity index (χ1v) is 12.2. The van der Waals surface area contributed by atoms with Crippen LogP contribution in [0.5, 0.6) is 0 Å². The minimum atomic E-state index is -0.0242. The molecule has 4 aromatic rings. The summed E-state index contributed by atoms with van der Waals surface area (Å²) in [5.41, 5.74) is 5.16. The molecule has 1 atom stereocenters. The maximum atomic E-state index is 13.0. The Morgan fingerprint density at radius 3 is 2.64 bits per heavy atom. The summed E-state index contributed by atoms with van der Waals surface area (Å²) in [6.07, 6.45) is 1.92. The average Bonchev–Trinajstić information content (AvgIpc) is 3.19. The van der Waals surface area contributed by atoms with Crippen molar-refractivity contribution in [3.8, 4) is 5.69 Å². The van der Waals surface area contributed by atoms with Crippen LogP contribution in [0.15, 0.2) is 77.3 Å². The van der Waals surface area contributed by atoms with Crippen LogP contribution in [0.2, 0.25) is 0 Å². The number of amides is 1. The molecule has 2 heterocycles. The molecule has 1 aliphatic heterocycles. The molecule has 1 aliphatic rings. The lowest BCUT2D eigenvalue weighted by Gasteiger charge is -2.32. The first-order valence-electron chi connectivity index (χ1n) is 11.4. The smallest absolute Gasteiger partial charge is 0.228 e. The number of carbonyl (C=O) groups is 1. The molecule has 0 unspecified atom stereocenters. The van der Waals surface area contributed by atoms with Crippen LogP contribution in [-0.4, -0.2) is 33.4 Å². The minimum Gasteiger partial charge on any atom is -0.326 e. The third kappa shape index (κ3) is 4.72. The zero-order valence-electron chi connectivity index (χ0n) is 18.7. The van der Waals surface area contributed by atoms with Gasteiger partial charge in [0, 0.05) is 22.4 Å². The van der Waals surface area contributed by atoms with Crippen molar-refractivity contribution in [2.24, 2.45) is 5.92 Å². The highest BCUT2D eigenvalue weighted by Gasteiger charge is 2.27. The normalized spacial score (nSPS) is 16.7. The number of benzene rings is 3. The van der Waals surface area contributed by atoms with E-state index >= 15 is 0 Å². The zero-order valence-corrected chi connectivity index (χ0v) is 20.3. The third-order valence-corrected chi connectivity index (χ3v) is 6.89. The Labute approximate surface area is 202 Å². The van der Waals surface area contributed by atoms with Gasteiger partial charge in [-0.05, 0) is 74.3 Å². The molecule has 1 aromatic heterocycles. The number of nitrogens with zero attached hydrogens (tertiary/aromatic N) is 3. The minimum absolute atomic E-state index is 0.0242. The van der Waals surface area contributed by atoms with Gasteiger partial charge in [0.2, 0.25) is 5.91 Å². The van der Waals surface area contributed by atoms with Crippen LogP contribution < -0.4 is 5.32 Å². The summed E-state index contributed by atoms with van der Waals surface area (Å²) in [4.78, 5) is 20.3. The maximum absolute atomic E-state index is 13.0. The molecule has 5 rings (SSSR count).